The Labute approximate surface area is 90.4 Å². The second-order valence-corrected chi connectivity index (χ2v) is 3.28. The smallest absolute Gasteiger partial charge is 0.239 e. The lowest BCUT2D eigenvalue weighted by Gasteiger charge is -2.19. The molecular formula is C9H18N2O2S. The molecule has 0 spiro atoms. The summed E-state index contributed by atoms with van der Waals surface area (Å²) >= 11 is 3.98. The van der Waals surface area contributed by atoms with E-state index < -0.39 is 0 Å². The largest absolute Gasteiger partial charge is 0.355 e. The molecule has 0 aliphatic heterocycles. The standard InChI is InChI=1S/C9H18N2O2S/c1-3-10-8(12)7-11(4-2)9(13)5-6-14/h14H,3-7H2,1-2H3,(H,10,12). The Morgan fingerprint density at radius 2 is 2.00 bits per heavy atom. The highest BCUT2D eigenvalue weighted by Crippen LogP contribution is 1.95. The van der Waals surface area contributed by atoms with Crippen LogP contribution in [0.4, 0.5) is 0 Å². The van der Waals surface area contributed by atoms with E-state index in [1.807, 2.05) is 13.8 Å². The minimum Gasteiger partial charge on any atom is -0.355 e. The SMILES string of the molecule is CCNC(=O)CN(CC)C(=O)CCS. The van der Waals surface area contributed by atoms with Crippen molar-refractivity contribution in [3.05, 3.63) is 0 Å². The van der Waals surface area contributed by atoms with Gasteiger partial charge in [-0.05, 0) is 19.6 Å². The van der Waals surface area contributed by atoms with Crippen LogP contribution in [-0.2, 0) is 9.59 Å². The fraction of sp³-hybridized carbons (Fsp3) is 0.778. The Morgan fingerprint density at radius 3 is 2.43 bits per heavy atom. The summed E-state index contributed by atoms with van der Waals surface area (Å²) in [5, 5.41) is 2.66. The molecule has 5 heteroatoms. The van der Waals surface area contributed by atoms with Crippen molar-refractivity contribution in [1.29, 1.82) is 0 Å². The summed E-state index contributed by atoms with van der Waals surface area (Å²) in [5.74, 6) is 0.390. The highest BCUT2D eigenvalue weighted by Gasteiger charge is 2.13. The van der Waals surface area contributed by atoms with Gasteiger partial charge < -0.3 is 10.2 Å². The predicted molar refractivity (Wildman–Crippen MR) is 59.4 cm³/mol. The Balaban J connectivity index is 4.01. The summed E-state index contributed by atoms with van der Waals surface area (Å²) in [6.07, 6.45) is 0.385. The molecule has 0 aliphatic carbocycles. The van der Waals surface area contributed by atoms with E-state index >= 15 is 0 Å². The normalized spacial score (nSPS) is 9.64. The van der Waals surface area contributed by atoms with E-state index in [1.54, 1.807) is 0 Å². The molecule has 0 aromatic heterocycles. The van der Waals surface area contributed by atoms with Crippen LogP contribution in [0.1, 0.15) is 20.3 Å². The van der Waals surface area contributed by atoms with Crippen molar-refractivity contribution in [2.24, 2.45) is 0 Å². The summed E-state index contributed by atoms with van der Waals surface area (Å²) in [7, 11) is 0. The molecular weight excluding hydrogens is 200 g/mol. The van der Waals surface area contributed by atoms with E-state index in [0.717, 1.165) is 0 Å². The zero-order valence-electron chi connectivity index (χ0n) is 8.75. The average Bonchev–Trinajstić information content (AvgIpc) is 2.15. The number of hydrogen-bond acceptors (Lipinski definition) is 3. The molecule has 0 aliphatic rings. The number of nitrogens with one attached hydrogen (secondary N) is 1. The third kappa shape index (κ3) is 5.11. The molecule has 4 nitrogen and oxygen atoms in total. The molecule has 0 aromatic rings. The maximum absolute atomic E-state index is 11.4. The highest BCUT2D eigenvalue weighted by molar-refractivity contribution is 7.80. The molecule has 2 amide bonds. The van der Waals surface area contributed by atoms with E-state index in [4.69, 9.17) is 0 Å². The van der Waals surface area contributed by atoms with E-state index in [-0.39, 0.29) is 18.4 Å². The molecule has 0 atom stereocenters. The molecule has 0 unspecified atom stereocenters. The minimum atomic E-state index is -0.109. The first-order valence-corrected chi connectivity index (χ1v) is 5.44. The molecule has 0 heterocycles. The maximum atomic E-state index is 11.4. The molecule has 0 aromatic carbocycles. The number of carbonyl (C=O) groups excluding carboxylic acids is 2. The number of amides is 2. The molecule has 0 fully saturated rings. The minimum absolute atomic E-state index is 0.0197. The van der Waals surface area contributed by atoms with Crippen molar-refractivity contribution in [3.63, 3.8) is 0 Å². The van der Waals surface area contributed by atoms with Gasteiger partial charge in [0.1, 0.15) is 0 Å². The lowest BCUT2D eigenvalue weighted by atomic mass is 10.3. The maximum Gasteiger partial charge on any atom is 0.239 e. The van der Waals surface area contributed by atoms with Gasteiger partial charge in [0.2, 0.25) is 11.8 Å². The molecule has 1 N–H and O–H groups in total. The van der Waals surface area contributed by atoms with Crippen LogP contribution in [0.2, 0.25) is 0 Å². The van der Waals surface area contributed by atoms with Gasteiger partial charge in [-0.2, -0.15) is 12.6 Å². The predicted octanol–water partition coefficient (Wildman–Crippen LogP) is 0.291. The molecule has 14 heavy (non-hydrogen) atoms. The third-order valence-corrected chi connectivity index (χ3v) is 1.99. The van der Waals surface area contributed by atoms with Crippen LogP contribution in [0.25, 0.3) is 0 Å². The number of likely N-dealkylation sites (N-methyl/N-ethyl adjacent to an activating group) is 2. The Bertz CT molecular complexity index is 197. The Morgan fingerprint density at radius 1 is 1.36 bits per heavy atom. The van der Waals surface area contributed by atoms with Gasteiger partial charge in [-0.15, -0.1) is 0 Å². The van der Waals surface area contributed by atoms with Crippen molar-refractivity contribution >= 4 is 24.4 Å². The van der Waals surface area contributed by atoms with Gasteiger partial charge in [-0.3, -0.25) is 9.59 Å². The number of thiol groups is 1. The quantitative estimate of drug-likeness (QED) is 0.630. The first kappa shape index (κ1) is 13.3. The van der Waals surface area contributed by atoms with E-state index in [2.05, 4.69) is 17.9 Å². The van der Waals surface area contributed by atoms with Crippen LogP contribution in [0.15, 0.2) is 0 Å². The number of rotatable bonds is 6. The third-order valence-electron chi connectivity index (χ3n) is 1.77. The Kier molecular flexibility index (Phi) is 7.28. The van der Waals surface area contributed by atoms with E-state index in [0.29, 0.717) is 25.3 Å². The zero-order valence-corrected chi connectivity index (χ0v) is 9.64. The van der Waals surface area contributed by atoms with E-state index in [9.17, 15) is 9.59 Å². The first-order valence-electron chi connectivity index (χ1n) is 4.81. The van der Waals surface area contributed by atoms with Crippen LogP contribution in [0.5, 0.6) is 0 Å². The number of nitrogens with zero attached hydrogens (tertiary/aromatic N) is 1. The summed E-state index contributed by atoms with van der Waals surface area (Å²) in [5.41, 5.74) is 0. The topological polar surface area (TPSA) is 49.4 Å². The molecule has 0 radical (unpaired) electrons. The summed E-state index contributed by atoms with van der Waals surface area (Å²) in [6.45, 7) is 5.01. The van der Waals surface area contributed by atoms with Crippen molar-refractivity contribution in [2.75, 3.05) is 25.4 Å². The molecule has 0 rings (SSSR count). The van der Waals surface area contributed by atoms with Gasteiger partial charge in [0.15, 0.2) is 0 Å². The molecule has 0 saturated heterocycles. The van der Waals surface area contributed by atoms with Crippen molar-refractivity contribution in [2.45, 2.75) is 20.3 Å². The summed E-state index contributed by atoms with van der Waals surface area (Å²) < 4.78 is 0. The number of hydrogen-bond donors (Lipinski definition) is 2. The highest BCUT2D eigenvalue weighted by atomic mass is 32.1. The lowest BCUT2D eigenvalue weighted by molar-refractivity contribution is -0.135. The van der Waals surface area contributed by atoms with Gasteiger partial charge in [0.05, 0.1) is 6.54 Å². The molecule has 0 saturated carbocycles. The van der Waals surface area contributed by atoms with Crippen molar-refractivity contribution in [3.8, 4) is 0 Å². The van der Waals surface area contributed by atoms with Crippen molar-refractivity contribution in [1.82, 2.24) is 10.2 Å². The van der Waals surface area contributed by atoms with Gasteiger partial charge in [-0.25, -0.2) is 0 Å². The van der Waals surface area contributed by atoms with Gasteiger partial charge >= 0.3 is 0 Å². The first-order chi connectivity index (χ1) is 6.65. The fourth-order valence-corrected chi connectivity index (χ4v) is 1.25. The average molecular weight is 218 g/mol. The second-order valence-electron chi connectivity index (χ2n) is 2.84. The zero-order chi connectivity index (χ0) is 11.0. The second kappa shape index (κ2) is 7.67. The van der Waals surface area contributed by atoms with Crippen molar-refractivity contribution < 1.29 is 9.59 Å². The van der Waals surface area contributed by atoms with E-state index in [1.165, 1.54) is 4.90 Å². The van der Waals surface area contributed by atoms with Gasteiger partial charge in [0.25, 0.3) is 0 Å². The van der Waals surface area contributed by atoms with Crippen LogP contribution < -0.4 is 5.32 Å². The summed E-state index contributed by atoms with van der Waals surface area (Å²) in [4.78, 5) is 24.1. The van der Waals surface area contributed by atoms with Crippen LogP contribution >= 0.6 is 12.6 Å². The Hall–Kier alpha value is -0.710. The number of carbonyl (C=O) groups is 2. The monoisotopic (exact) mass is 218 g/mol. The van der Waals surface area contributed by atoms with Crippen LogP contribution in [0, 0.1) is 0 Å². The lowest BCUT2D eigenvalue weighted by Crippen LogP contribution is -2.40. The van der Waals surface area contributed by atoms with Crippen LogP contribution in [0.3, 0.4) is 0 Å². The fourth-order valence-electron chi connectivity index (χ4n) is 1.06. The van der Waals surface area contributed by atoms with Gasteiger partial charge in [0, 0.05) is 19.5 Å². The molecule has 0 bridgehead atoms. The molecule has 82 valence electrons. The summed E-state index contributed by atoms with van der Waals surface area (Å²) in [6, 6.07) is 0. The van der Waals surface area contributed by atoms with Gasteiger partial charge in [-0.1, -0.05) is 0 Å². The van der Waals surface area contributed by atoms with Crippen LogP contribution in [-0.4, -0.2) is 42.1 Å².